The molecule has 0 bridgehead atoms. The fourth-order valence-electron chi connectivity index (χ4n) is 2.54. The highest BCUT2D eigenvalue weighted by Crippen LogP contribution is 2.38. The third-order valence-corrected chi connectivity index (χ3v) is 5.39. The quantitative estimate of drug-likeness (QED) is 0.503. The minimum atomic E-state index is -4.78. The van der Waals surface area contributed by atoms with Gasteiger partial charge in [0.15, 0.2) is 5.75 Å². The molecule has 0 aromatic heterocycles. The first-order valence-electron chi connectivity index (χ1n) is 8.47. The second kappa shape index (κ2) is 8.26. The minimum Gasteiger partial charge on any atom is -0.478 e. The number of aromatic carboxylic acids is 1. The van der Waals surface area contributed by atoms with Gasteiger partial charge in [-0.2, -0.15) is 13.2 Å². The van der Waals surface area contributed by atoms with Gasteiger partial charge in [-0.3, -0.25) is 4.72 Å². The topological polar surface area (TPSA) is 92.7 Å². The van der Waals surface area contributed by atoms with Gasteiger partial charge >= 0.3 is 12.1 Å². The van der Waals surface area contributed by atoms with Gasteiger partial charge in [0.2, 0.25) is 0 Å². The molecule has 0 saturated heterocycles. The van der Waals surface area contributed by atoms with E-state index in [-0.39, 0.29) is 17.1 Å². The lowest BCUT2D eigenvalue weighted by atomic mass is 10.1. The number of carbonyl (C=O) groups is 1. The Morgan fingerprint density at radius 1 is 0.935 bits per heavy atom. The van der Waals surface area contributed by atoms with Gasteiger partial charge in [0, 0.05) is 0 Å². The molecule has 11 heteroatoms. The smallest absolute Gasteiger partial charge is 0.416 e. The van der Waals surface area contributed by atoms with E-state index in [1.54, 1.807) is 0 Å². The normalized spacial score (nSPS) is 11.7. The molecule has 0 heterocycles. The van der Waals surface area contributed by atoms with Gasteiger partial charge < -0.3 is 9.84 Å². The predicted molar refractivity (Wildman–Crippen MR) is 102 cm³/mol. The Kier molecular flexibility index (Phi) is 5.89. The summed E-state index contributed by atoms with van der Waals surface area (Å²) >= 11 is 0. The molecular formula is C20H13F4NO5S. The largest absolute Gasteiger partial charge is 0.478 e. The first-order chi connectivity index (χ1) is 14.5. The summed E-state index contributed by atoms with van der Waals surface area (Å²) in [5, 5.41) is 9.25. The molecule has 6 nitrogen and oxygen atoms in total. The lowest BCUT2D eigenvalue weighted by Gasteiger charge is -2.17. The number of benzene rings is 3. The highest BCUT2D eigenvalue weighted by Gasteiger charge is 2.32. The van der Waals surface area contributed by atoms with E-state index in [2.05, 4.69) is 0 Å². The van der Waals surface area contributed by atoms with E-state index in [1.165, 1.54) is 24.3 Å². The van der Waals surface area contributed by atoms with Crippen molar-refractivity contribution in [1.29, 1.82) is 0 Å². The third-order valence-electron chi connectivity index (χ3n) is 4.01. The number of carboxylic acid groups (broad SMARTS) is 1. The maximum atomic E-state index is 13.2. The van der Waals surface area contributed by atoms with Crippen molar-refractivity contribution in [2.75, 3.05) is 4.72 Å². The van der Waals surface area contributed by atoms with Crippen molar-refractivity contribution >= 4 is 21.7 Å². The number of hydrogen-bond donors (Lipinski definition) is 2. The number of nitrogens with one attached hydrogen (secondary N) is 1. The molecule has 31 heavy (non-hydrogen) atoms. The van der Waals surface area contributed by atoms with E-state index in [0.717, 1.165) is 30.3 Å². The number of hydrogen-bond acceptors (Lipinski definition) is 4. The number of alkyl halides is 3. The Morgan fingerprint density at radius 3 is 2.19 bits per heavy atom. The maximum absolute atomic E-state index is 13.2. The monoisotopic (exact) mass is 455 g/mol. The third kappa shape index (κ3) is 5.12. The molecule has 2 N–H and O–H groups in total. The second-order valence-electron chi connectivity index (χ2n) is 6.17. The van der Waals surface area contributed by atoms with E-state index in [4.69, 9.17) is 4.74 Å². The van der Waals surface area contributed by atoms with E-state index >= 15 is 0 Å². The van der Waals surface area contributed by atoms with Crippen molar-refractivity contribution in [1.82, 2.24) is 0 Å². The van der Waals surface area contributed by atoms with E-state index in [1.807, 2.05) is 4.72 Å². The molecule has 0 saturated carbocycles. The summed E-state index contributed by atoms with van der Waals surface area (Å²) in [6.45, 7) is 0. The van der Waals surface area contributed by atoms with Gasteiger partial charge in [-0.05, 0) is 54.6 Å². The average Bonchev–Trinajstić information content (AvgIpc) is 2.69. The summed E-state index contributed by atoms with van der Waals surface area (Å²) in [5.41, 5.74) is -2.03. The van der Waals surface area contributed by atoms with Crippen LogP contribution in [0.15, 0.2) is 71.6 Å². The van der Waals surface area contributed by atoms with Crippen LogP contribution in [-0.2, 0) is 16.2 Å². The highest BCUT2D eigenvalue weighted by molar-refractivity contribution is 7.92. The molecule has 0 spiro atoms. The zero-order chi connectivity index (χ0) is 22.8. The van der Waals surface area contributed by atoms with Crippen LogP contribution in [0.4, 0.5) is 23.2 Å². The van der Waals surface area contributed by atoms with Crippen molar-refractivity contribution < 1.29 is 40.6 Å². The Hall–Kier alpha value is -3.60. The van der Waals surface area contributed by atoms with Crippen LogP contribution in [0.5, 0.6) is 11.5 Å². The lowest BCUT2D eigenvalue weighted by molar-refractivity contribution is -0.137. The number of anilines is 1. The summed E-state index contributed by atoms with van der Waals surface area (Å²) in [4.78, 5) is 11.0. The SMILES string of the molecule is O=C(O)c1ccccc1Oc1ccc(C(F)(F)F)cc1NS(=O)(=O)c1ccc(F)cc1. The van der Waals surface area contributed by atoms with Gasteiger partial charge in [0.1, 0.15) is 17.1 Å². The molecule has 162 valence electrons. The van der Waals surface area contributed by atoms with Crippen LogP contribution < -0.4 is 9.46 Å². The number of halogens is 4. The number of para-hydroxylation sites is 1. The summed E-state index contributed by atoms with van der Waals surface area (Å²) in [5.74, 6) is -2.63. The van der Waals surface area contributed by atoms with Crippen molar-refractivity contribution in [3.63, 3.8) is 0 Å². The van der Waals surface area contributed by atoms with Crippen LogP contribution in [0.1, 0.15) is 15.9 Å². The molecule has 0 atom stereocenters. The standard InChI is InChI=1S/C20H13F4NO5S/c21-13-6-8-14(9-7-13)31(28,29)25-16-11-12(20(22,23)24)5-10-18(16)30-17-4-2-1-3-15(17)19(26)27/h1-11,25H,(H,26,27). The van der Waals surface area contributed by atoms with Gasteiger partial charge in [0.05, 0.1) is 16.1 Å². The van der Waals surface area contributed by atoms with Gasteiger partial charge in [-0.15, -0.1) is 0 Å². The molecule has 0 amide bonds. The minimum absolute atomic E-state index is 0.211. The fraction of sp³-hybridized carbons (Fsp3) is 0.0500. The molecule has 0 unspecified atom stereocenters. The summed E-state index contributed by atoms with van der Waals surface area (Å²) in [7, 11) is -4.41. The molecule has 3 aromatic rings. The Bertz CT molecular complexity index is 1230. The number of sulfonamides is 1. The Balaban J connectivity index is 2.07. The summed E-state index contributed by atoms with van der Waals surface area (Å²) in [6.07, 6.45) is -4.78. The van der Waals surface area contributed by atoms with Crippen LogP contribution in [0, 0.1) is 5.82 Å². The van der Waals surface area contributed by atoms with Crippen molar-refractivity contribution in [3.05, 3.63) is 83.7 Å². The number of ether oxygens (including phenoxy) is 1. The average molecular weight is 455 g/mol. The molecule has 0 fully saturated rings. The van der Waals surface area contributed by atoms with Crippen molar-refractivity contribution in [2.45, 2.75) is 11.1 Å². The zero-order valence-electron chi connectivity index (χ0n) is 15.4. The lowest BCUT2D eigenvalue weighted by Crippen LogP contribution is -2.15. The zero-order valence-corrected chi connectivity index (χ0v) is 16.2. The molecular weight excluding hydrogens is 442 g/mol. The molecule has 3 rings (SSSR count). The van der Waals surface area contributed by atoms with Crippen molar-refractivity contribution in [3.8, 4) is 11.5 Å². The van der Waals surface area contributed by atoms with Crippen molar-refractivity contribution in [2.24, 2.45) is 0 Å². The van der Waals surface area contributed by atoms with Crippen LogP contribution in [-0.4, -0.2) is 19.5 Å². The molecule has 0 aliphatic rings. The van der Waals surface area contributed by atoms with Crippen LogP contribution >= 0.6 is 0 Å². The molecule has 3 aromatic carbocycles. The predicted octanol–water partition coefficient (Wildman–Crippen LogP) is 5.14. The van der Waals surface area contributed by atoms with E-state index in [0.29, 0.717) is 12.1 Å². The number of carboxylic acids is 1. The van der Waals surface area contributed by atoms with Crippen LogP contribution in [0.25, 0.3) is 0 Å². The van der Waals surface area contributed by atoms with E-state index in [9.17, 15) is 35.9 Å². The second-order valence-corrected chi connectivity index (χ2v) is 7.85. The molecule has 0 aliphatic heterocycles. The number of rotatable bonds is 6. The van der Waals surface area contributed by atoms with Crippen LogP contribution in [0.2, 0.25) is 0 Å². The molecule has 0 aliphatic carbocycles. The van der Waals surface area contributed by atoms with E-state index < -0.39 is 44.1 Å². The Labute approximate surface area is 173 Å². The summed E-state index contributed by atoms with van der Waals surface area (Å²) < 4.78 is 85.2. The highest BCUT2D eigenvalue weighted by atomic mass is 32.2. The van der Waals surface area contributed by atoms with Gasteiger partial charge in [-0.25, -0.2) is 17.6 Å². The van der Waals surface area contributed by atoms with Gasteiger partial charge in [0.25, 0.3) is 10.0 Å². The molecule has 0 radical (unpaired) electrons. The maximum Gasteiger partial charge on any atom is 0.416 e. The summed E-state index contributed by atoms with van der Waals surface area (Å²) in [6, 6.07) is 11.0. The Morgan fingerprint density at radius 2 is 1.58 bits per heavy atom. The fourth-order valence-corrected chi connectivity index (χ4v) is 3.60. The van der Waals surface area contributed by atoms with Crippen LogP contribution in [0.3, 0.4) is 0 Å². The first-order valence-corrected chi connectivity index (χ1v) is 9.95. The van der Waals surface area contributed by atoms with Gasteiger partial charge in [-0.1, -0.05) is 12.1 Å². The first kappa shape index (κ1) is 22.1.